The fourth-order valence-corrected chi connectivity index (χ4v) is 7.03. The molecular formula is C31H35N3O4. The molecule has 5 atom stereocenters. The van der Waals surface area contributed by atoms with Gasteiger partial charge in [-0.25, -0.2) is 0 Å². The van der Waals surface area contributed by atoms with Gasteiger partial charge in [-0.2, -0.15) is 0 Å². The molecule has 2 heterocycles. The molecule has 0 radical (unpaired) electrons. The van der Waals surface area contributed by atoms with Crippen molar-refractivity contribution in [2.75, 3.05) is 5.32 Å². The van der Waals surface area contributed by atoms with E-state index >= 15 is 0 Å². The molecule has 2 N–H and O–H groups in total. The summed E-state index contributed by atoms with van der Waals surface area (Å²) in [5.41, 5.74) is 1.24. The highest BCUT2D eigenvalue weighted by molar-refractivity contribution is 6.09. The van der Waals surface area contributed by atoms with Gasteiger partial charge in [0.2, 0.25) is 11.8 Å². The average Bonchev–Trinajstić information content (AvgIpc) is 3.38. The predicted molar refractivity (Wildman–Crippen MR) is 146 cm³/mol. The maximum absolute atomic E-state index is 14.5. The number of hydrogen-bond acceptors (Lipinski definition) is 4. The second-order valence-corrected chi connectivity index (χ2v) is 11.7. The number of nitrogens with one attached hydrogen (secondary N) is 2. The first-order valence-corrected chi connectivity index (χ1v) is 13.2. The molecule has 0 saturated carbocycles. The van der Waals surface area contributed by atoms with Crippen LogP contribution in [0, 0.1) is 11.3 Å². The Hall–Kier alpha value is -3.74. The van der Waals surface area contributed by atoms with Gasteiger partial charge in [-0.05, 0) is 47.9 Å². The topological polar surface area (TPSA) is 95.6 Å². The summed E-state index contributed by atoms with van der Waals surface area (Å²) < 4.78 is 0. The van der Waals surface area contributed by atoms with E-state index in [1.807, 2.05) is 44.2 Å². The number of amides is 3. The summed E-state index contributed by atoms with van der Waals surface area (Å²) in [5.74, 6) is -1.97. The van der Waals surface area contributed by atoms with Crippen LogP contribution in [0.3, 0.4) is 0 Å². The van der Waals surface area contributed by atoms with Crippen LogP contribution in [0.2, 0.25) is 0 Å². The van der Waals surface area contributed by atoms with E-state index in [9.17, 15) is 19.2 Å². The molecule has 2 aliphatic heterocycles. The number of hydrogen-bond donors (Lipinski definition) is 2. The van der Waals surface area contributed by atoms with Crippen molar-refractivity contribution >= 4 is 29.2 Å². The number of para-hydroxylation sites is 1. The van der Waals surface area contributed by atoms with E-state index in [-0.39, 0.29) is 29.4 Å². The van der Waals surface area contributed by atoms with Crippen LogP contribution >= 0.6 is 0 Å². The molecular weight excluding hydrogens is 478 g/mol. The number of carbonyl (C=O) groups is 4. The van der Waals surface area contributed by atoms with Crippen LogP contribution in [0.25, 0.3) is 0 Å². The summed E-state index contributed by atoms with van der Waals surface area (Å²) in [5, 5.41) is 5.82. The average molecular weight is 514 g/mol. The van der Waals surface area contributed by atoms with Crippen LogP contribution in [0.4, 0.5) is 5.69 Å². The number of nitrogens with zero attached hydrogens (tertiary/aromatic N) is 1. The molecule has 1 aliphatic carbocycles. The molecule has 0 aromatic heterocycles. The Kier molecular flexibility index (Phi) is 6.08. The number of ketones is 1. The summed E-state index contributed by atoms with van der Waals surface area (Å²) in [6.07, 6.45) is 2.18. The van der Waals surface area contributed by atoms with E-state index in [0.29, 0.717) is 17.7 Å². The van der Waals surface area contributed by atoms with Gasteiger partial charge in [0.05, 0.1) is 23.2 Å². The number of allylic oxidation sites excluding steroid dienone is 1. The lowest BCUT2D eigenvalue weighted by molar-refractivity contribution is -0.130. The van der Waals surface area contributed by atoms with Crippen molar-refractivity contribution in [3.63, 3.8) is 0 Å². The highest BCUT2D eigenvalue weighted by Crippen LogP contribution is 2.64. The zero-order valence-electron chi connectivity index (χ0n) is 22.6. The van der Waals surface area contributed by atoms with Crippen molar-refractivity contribution < 1.29 is 19.2 Å². The number of carbonyl (C=O) groups excluding carboxylic acids is 4. The smallest absolute Gasteiger partial charge is 0.256 e. The van der Waals surface area contributed by atoms with Crippen molar-refractivity contribution in [1.82, 2.24) is 10.2 Å². The monoisotopic (exact) mass is 513 g/mol. The predicted octanol–water partition coefficient (Wildman–Crippen LogP) is 4.20. The summed E-state index contributed by atoms with van der Waals surface area (Å²) in [7, 11) is 0. The third-order valence-corrected chi connectivity index (χ3v) is 9.05. The van der Waals surface area contributed by atoms with Crippen molar-refractivity contribution in [2.45, 2.75) is 70.5 Å². The highest BCUT2D eigenvalue weighted by Gasteiger charge is 2.69. The van der Waals surface area contributed by atoms with Gasteiger partial charge in [0.1, 0.15) is 17.9 Å². The van der Waals surface area contributed by atoms with Gasteiger partial charge >= 0.3 is 0 Å². The number of rotatable bonds is 4. The molecule has 198 valence electrons. The van der Waals surface area contributed by atoms with E-state index in [4.69, 9.17) is 0 Å². The standard InChI is InChI=1S/C31H35N3O4/c1-7-30(5,6)31-16-23-27(36)33-25(17(2)3)28(37)32-22-15-11-9-13-20(22)29(38)34(23)26(31)24(18(4)35)19-12-8-10-14-21(19)31/h7-15,17,23-26H,1,16H2,2-6H3,(H,32,37)(H,33,36). The number of fused-ring (bicyclic) bond motifs is 6. The molecule has 5 unspecified atom stereocenters. The molecule has 3 aliphatic rings. The lowest BCUT2D eigenvalue weighted by Crippen LogP contribution is -2.57. The Balaban J connectivity index is 1.81. The molecule has 1 saturated heterocycles. The van der Waals surface area contributed by atoms with E-state index < -0.39 is 34.9 Å². The van der Waals surface area contributed by atoms with Crippen LogP contribution in [-0.2, 0) is 19.8 Å². The maximum Gasteiger partial charge on any atom is 0.256 e. The third-order valence-electron chi connectivity index (χ3n) is 9.05. The maximum atomic E-state index is 14.5. The van der Waals surface area contributed by atoms with Crippen LogP contribution in [0.5, 0.6) is 0 Å². The first-order valence-electron chi connectivity index (χ1n) is 13.2. The minimum atomic E-state index is -0.873. The van der Waals surface area contributed by atoms with Crippen molar-refractivity contribution in [1.29, 1.82) is 0 Å². The molecule has 0 bridgehead atoms. The summed E-state index contributed by atoms with van der Waals surface area (Å²) in [4.78, 5) is 56.7. The van der Waals surface area contributed by atoms with E-state index in [1.54, 1.807) is 36.1 Å². The van der Waals surface area contributed by atoms with Crippen LogP contribution in [0.15, 0.2) is 61.2 Å². The SMILES string of the molecule is C=CC(C)(C)C12CC3C(=O)NC(C(C)C)C(=O)Nc4ccccc4C(=O)N3C1C(C(C)=O)c1ccccc12. The number of anilines is 1. The molecule has 3 amide bonds. The number of benzene rings is 2. The van der Waals surface area contributed by atoms with Crippen molar-refractivity contribution in [3.05, 3.63) is 77.9 Å². The Bertz CT molecular complexity index is 1360. The zero-order chi connectivity index (χ0) is 27.6. The third kappa shape index (κ3) is 3.47. The van der Waals surface area contributed by atoms with Gasteiger partial charge in [-0.1, -0.05) is 70.2 Å². The molecule has 1 fully saturated rings. The van der Waals surface area contributed by atoms with Crippen LogP contribution < -0.4 is 10.6 Å². The second kappa shape index (κ2) is 8.93. The van der Waals surface area contributed by atoms with Gasteiger partial charge < -0.3 is 15.5 Å². The van der Waals surface area contributed by atoms with Crippen LogP contribution in [-0.4, -0.2) is 46.5 Å². The van der Waals surface area contributed by atoms with Crippen LogP contribution in [0.1, 0.15) is 68.4 Å². The lowest BCUT2D eigenvalue weighted by Gasteiger charge is -2.45. The summed E-state index contributed by atoms with van der Waals surface area (Å²) in [6, 6.07) is 12.5. The molecule has 2 aromatic rings. The van der Waals surface area contributed by atoms with Gasteiger partial charge in [0, 0.05) is 5.41 Å². The van der Waals surface area contributed by atoms with Crippen molar-refractivity contribution in [3.8, 4) is 0 Å². The molecule has 38 heavy (non-hydrogen) atoms. The summed E-state index contributed by atoms with van der Waals surface area (Å²) >= 11 is 0. The Morgan fingerprint density at radius 2 is 1.74 bits per heavy atom. The fourth-order valence-electron chi connectivity index (χ4n) is 7.03. The molecule has 7 nitrogen and oxygen atoms in total. The first kappa shape index (κ1) is 25.9. The zero-order valence-corrected chi connectivity index (χ0v) is 22.6. The highest BCUT2D eigenvalue weighted by atomic mass is 16.2. The van der Waals surface area contributed by atoms with Gasteiger partial charge in [-0.3, -0.25) is 19.2 Å². The second-order valence-electron chi connectivity index (χ2n) is 11.7. The quantitative estimate of drug-likeness (QED) is 0.599. The normalized spacial score (nSPS) is 28.6. The Morgan fingerprint density at radius 3 is 2.39 bits per heavy atom. The molecule has 7 heteroatoms. The van der Waals surface area contributed by atoms with E-state index in [1.165, 1.54) is 0 Å². The first-order chi connectivity index (χ1) is 18.0. The van der Waals surface area contributed by atoms with E-state index in [0.717, 1.165) is 11.1 Å². The lowest BCUT2D eigenvalue weighted by atomic mass is 9.59. The van der Waals surface area contributed by atoms with Gasteiger partial charge in [0.15, 0.2) is 0 Å². The Morgan fingerprint density at radius 1 is 1.08 bits per heavy atom. The van der Waals surface area contributed by atoms with E-state index in [2.05, 4.69) is 31.1 Å². The largest absolute Gasteiger partial charge is 0.342 e. The minimum absolute atomic E-state index is 0.0585. The molecule has 5 rings (SSSR count). The van der Waals surface area contributed by atoms with Gasteiger partial charge in [0.25, 0.3) is 5.91 Å². The van der Waals surface area contributed by atoms with Gasteiger partial charge in [-0.15, -0.1) is 6.58 Å². The minimum Gasteiger partial charge on any atom is -0.342 e. The molecule has 0 spiro atoms. The summed E-state index contributed by atoms with van der Waals surface area (Å²) in [6.45, 7) is 13.6. The molecule has 2 aromatic carbocycles. The number of Topliss-reactive ketones (excluding diaryl/α,β-unsaturated/α-hetero) is 1. The van der Waals surface area contributed by atoms with Crippen molar-refractivity contribution in [2.24, 2.45) is 11.3 Å². The fraction of sp³-hybridized carbons (Fsp3) is 0.419. The Labute approximate surface area is 223 Å².